The molecule has 0 rings (SSSR count). The molecule has 0 aromatic heterocycles. The first kappa shape index (κ1) is 9.37. The van der Waals surface area contributed by atoms with Crippen LogP contribution in [-0.4, -0.2) is 6.26 Å². The van der Waals surface area contributed by atoms with E-state index in [-0.39, 0.29) is 0 Å². The van der Waals surface area contributed by atoms with Crippen molar-refractivity contribution in [3.8, 4) is 0 Å². The fourth-order valence-electron chi connectivity index (χ4n) is 0.350. The molecule has 0 saturated heterocycles. The topological polar surface area (TPSA) is 26.0 Å². The van der Waals surface area contributed by atoms with E-state index in [0.29, 0.717) is 5.70 Å². The smallest absolute Gasteiger partial charge is 0.0308 e. The van der Waals surface area contributed by atoms with E-state index in [9.17, 15) is 0 Å². The molecule has 0 heterocycles. The fraction of sp³-hybridized carbons (Fsp3) is 0.250. The molecule has 2 N–H and O–H groups in total. The van der Waals surface area contributed by atoms with E-state index >= 15 is 0 Å². The first-order valence-electron chi connectivity index (χ1n) is 3.01. The van der Waals surface area contributed by atoms with Crippen molar-refractivity contribution in [1.29, 1.82) is 0 Å². The van der Waals surface area contributed by atoms with Crippen molar-refractivity contribution in [2.24, 2.45) is 5.73 Å². The van der Waals surface area contributed by atoms with Crippen molar-refractivity contribution in [3.63, 3.8) is 0 Å². The molecule has 0 aromatic rings. The molecule has 0 bridgehead atoms. The highest BCUT2D eigenvalue weighted by molar-refractivity contribution is 8.02. The summed E-state index contributed by atoms with van der Waals surface area (Å²) >= 11 is 1.70. The molecule has 0 fully saturated rings. The van der Waals surface area contributed by atoms with Crippen LogP contribution >= 0.6 is 11.8 Å². The van der Waals surface area contributed by atoms with Crippen LogP contribution in [0.5, 0.6) is 0 Å². The maximum atomic E-state index is 5.47. The second-order valence-corrected chi connectivity index (χ2v) is 2.90. The highest BCUT2D eigenvalue weighted by atomic mass is 32.2. The van der Waals surface area contributed by atoms with E-state index in [1.54, 1.807) is 17.8 Å². The molecule has 0 aliphatic heterocycles. The zero-order chi connectivity index (χ0) is 7.98. The molecule has 0 unspecified atom stereocenters. The van der Waals surface area contributed by atoms with Crippen LogP contribution in [0.4, 0.5) is 0 Å². The quantitative estimate of drug-likeness (QED) is 0.633. The van der Waals surface area contributed by atoms with Gasteiger partial charge in [-0.05, 0) is 30.2 Å². The molecule has 0 spiro atoms. The van der Waals surface area contributed by atoms with Crippen molar-refractivity contribution in [2.45, 2.75) is 6.92 Å². The van der Waals surface area contributed by atoms with E-state index in [2.05, 4.69) is 6.58 Å². The molecular weight excluding hydrogens is 142 g/mol. The van der Waals surface area contributed by atoms with Gasteiger partial charge in [-0.1, -0.05) is 12.7 Å². The van der Waals surface area contributed by atoms with E-state index < -0.39 is 0 Å². The van der Waals surface area contributed by atoms with Gasteiger partial charge in [0.2, 0.25) is 0 Å². The lowest BCUT2D eigenvalue weighted by Crippen LogP contribution is -1.89. The van der Waals surface area contributed by atoms with Gasteiger partial charge in [0.1, 0.15) is 0 Å². The van der Waals surface area contributed by atoms with Crippen molar-refractivity contribution >= 4 is 11.8 Å². The van der Waals surface area contributed by atoms with Crippen LogP contribution in [0.25, 0.3) is 0 Å². The van der Waals surface area contributed by atoms with Crippen LogP contribution in [0.3, 0.4) is 0 Å². The Morgan fingerprint density at radius 2 is 2.10 bits per heavy atom. The van der Waals surface area contributed by atoms with E-state index in [1.165, 1.54) is 4.91 Å². The summed E-state index contributed by atoms with van der Waals surface area (Å²) in [6, 6.07) is 0. The largest absolute Gasteiger partial charge is 0.399 e. The summed E-state index contributed by atoms with van der Waals surface area (Å²) in [4.78, 5) is 1.24. The van der Waals surface area contributed by atoms with Crippen molar-refractivity contribution in [3.05, 3.63) is 35.4 Å². The normalized spacial score (nSPS) is 13.4. The van der Waals surface area contributed by atoms with Crippen LogP contribution in [0.2, 0.25) is 0 Å². The first-order valence-corrected chi connectivity index (χ1v) is 4.23. The molecule has 10 heavy (non-hydrogen) atoms. The number of rotatable bonds is 3. The van der Waals surface area contributed by atoms with Crippen LogP contribution < -0.4 is 5.73 Å². The summed E-state index contributed by atoms with van der Waals surface area (Å²) in [7, 11) is 0. The summed E-state index contributed by atoms with van der Waals surface area (Å²) in [5.41, 5.74) is 6.17. The third kappa shape index (κ3) is 4.27. The Morgan fingerprint density at radius 3 is 2.50 bits per heavy atom. The van der Waals surface area contributed by atoms with Crippen molar-refractivity contribution in [2.75, 3.05) is 6.26 Å². The monoisotopic (exact) mass is 155 g/mol. The second-order valence-electron chi connectivity index (χ2n) is 1.85. The maximum absolute atomic E-state index is 5.47. The van der Waals surface area contributed by atoms with Gasteiger partial charge in [-0.3, -0.25) is 0 Å². The lowest BCUT2D eigenvalue weighted by atomic mass is 10.4. The summed E-state index contributed by atoms with van der Waals surface area (Å²) in [5.74, 6) is 0. The third-order valence-electron chi connectivity index (χ3n) is 1.07. The molecule has 0 aromatic carbocycles. The Kier molecular flexibility index (Phi) is 4.85. The number of allylic oxidation sites excluding steroid dienone is 4. The van der Waals surface area contributed by atoms with Gasteiger partial charge in [-0.25, -0.2) is 0 Å². The molecule has 0 radical (unpaired) electrons. The van der Waals surface area contributed by atoms with Crippen LogP contribution in [-0.2, 0) is 0 Å². The van der Waals surface area contributed by atoms with Gasteiger partial charge in [-0.15, -0.1) is 11.8 Å². The minimum atomic E-state index is 0.702. The van der Waals surface area contributed by atoms with Gasteiger partial charge in [0.25, 0.3) is 0 Å². The van der Waals surface area contributed by atoms with Crippen LogP contribution in [0.1, 0.15) is 6.92 Å². The fourth-order valence-corrected chi connectivity index (χ4v) is 0.554. The molecule has 0 atom stereocenters. The molecule has 2 heteroatoms. The van der Waals surface area contributed by atoms with Gasteiger partial charge in [0.15, 0.2) is 0 Å². The predicted molar refractivity (Wildman–Crippen MR) is 49.7 cm³/mol. The van der Waals surface area contributed by atoms with Gasteiger partial charge in [0.05, 0.1) is 0 Å². The first-order chi connectivity index (χ1) is 4.70. The molecule has 0 aliphatic rings. The minimum Gasteiger partial charge on any atom is -0.399 e. The third-order valence-corrected chi connectivity index (χ3v) is 1.85. The summed E-state index contributed by atoms with van der Waals surface area (Å²) in [6.45, 7) is 5.57. The highest BCUT2D eigenvalue weighted by Gasteiger charge is 1.80. The van der Waals surface area contributed by atoms with Crippen LogP contribution in [0, 0.1) is 0 Å². The summed E-state index contributed by atoms with van der Waals surface area (Å²) in [6.07, 6.45) is 7.48. The predicted octanol–water partition coefficient (Wildman–Crippen LogP) is 2.28. The Bertz CT molecular complexity index is 168. The van der Waals surface area contributed by atoms with Crippen LogP contribution in [0.15, 0.2) is 35.4 Å². The van der Waals surface area contributed by atoms with Gasteiger partial charge < -0.3 is 5.73 Å². The number of thioether (sulfide) groups is 1. The molecular formula is C8H13NS. The lowest BCUT2D eigenvalue weighted by Gasteiger charge is -1.90. The molecule has 0 amide bonds. The average molecular weight is 155 g/mol. The average Bonchev–Trinajstić information content (AvgIpc) is 1.99. The second kappa shape index (κ2) is 5.18. The highest BCUT2D eigenvalue weighted by Crippen LogP contribution is 2.09. The molecule has 1 nitrogen and oxygen atoms in total. The van der Waals surface area contributed by atoms with E-state index in [1.807, 2.05) is 25.3 Å². The van der Waals surface area contributed by atoms with Gasteiger partial charge >= 0.3 is 0 Å². The van der Waals surface area contributed by atoms with Crippen molar-refractivity contribution in [1.82, 2.24) is 0 Å². The standard InChI is InChI=1S/C8H13NS/c1-4-8(9)6-5-7(2)10-3/h4-6H,1,9H2,2-3H3/b7-5+,8-6+. The summed E-state index contributed by atoms with van der Waals surface area (Å²) < 4.78 is 0. The molecule has 0 saturated carbocycles. The summed E-state index contributed by atoms with van der Waals surface area (Å²) in [5, 5.41) is 0. The SMILES string of the molecule is C=C/C(N)=C\C=C(/C)SC. The van der Waals surface area contributed by atoms with Gasteiger partial charge in [0, 0.05) is 5.70 Å². The maximum Gasteiger partial charge on any atom is 0.0308 e. The van der Waals surface area contributed by atoms with E-state index in [4.69, 9.17) is 5.73 Å². The number of hydrogen-bond acceptors (Lipinski definition) is 2. The number of hydrogen-bond donors (Lipinski definition) is 1. The Morgan fingerprint density at radius 1 is 1.50 bits per heavy atom. The molecule has 56 valence electrons. The Labute approximate surface area is 66.7 Å². The Hall–Kier alpha value is -0.630. The lowest BCUT2D eigenvalue weighted by molar-refractivity contribution is 1.43. The zero-order valence-corrected chi connectivity index (χ0v) is 7.24. The van der Waals surface area contributed by atoms with Crippen molar-refractivity contribution < 1.29 is 0 Å². The van der Waals surface area contributed by atoms with E-state index in [0.717, 1.165) is 0 Å². The minimum absolute atomic E-state index is 0.702. The van der Waals surface area contributed by atoms with Gasteiger partial charge in [-0.2, -0.15) is 0 Å². The number of nitrogens with two attached hydrogens (primary N) is 1. The Balaban J connectivity index is 4.03. The zero-order valence-electron chi connectivity index (χ0n) is 6.42. The molecule has 0 aliphatic carbocycles.